The number of amides is 5. The molecule has 2 saturated carbocycles. The number of unbranched alkanes of at least 4 members (excludes halogenated alkanes) is 1. The number of carboxylic acids is 1. The number of aromatic nitrogens is 8. The number of carboxylic acid groups (broad SMARTS) is 1. The summed E-state index contributed by atoms with van der Waals surface area (Å²) in [7, 11) is 1.72. The van der Waals surface area contributed by atoms with Gasteiger partial charge in [0.05, 0.1) is 49.1 Å². The Morgan fingerprint density at radius 1 is 0.841 bits per heavy atom. The Morgan fingerprint density at radius 2 is 1.60 bits per heavy atom. The largest absolute Gasteiger partial charge is 0.484 e. The van der Waals surface area contributed by atoms with E-state index < -0.39 is 24.0 Å². The molecule has 25 nitrogen and oxygen atoms in total. The Hall–Kier alpha value is -8.55. The van der Waals surface area contributed by atoms with E-state index in [1.54, 1.807) is 53.2 Å². The molecular formula is C63H81N13O12. The van der Waals surface area contributed by atoms with E-state index >= 15 is 0 Å². The first-order valence-corrected chi connectivity index (χ1v) is 30.3. The summed E-state index contributed by atoms with van der Waals surface area (Å²) in [5.74, 6) is -0.646. The number of carbonyl (C=O) groups excluding carboxylic acids is 5. The SMILES string of the molecule is Cc1n[nH]c(COCCCCn2cc(COCC(=O)N3CCC(OCCNC(=O)COc4cccc(Oc5ccc(C(=O)NC(CCC(C)(C)C)C(=O)O)cn5)c4)CC3)nn2)c1-c1ccc(NC(=O)[C@@H](NC(=O)c2ccnn2C)C(C2CC2)C2CC2)cc1. The standard InChI is InChI=1S/C63H81N13O12/c1-40-56(41-15-18-45(19-16-41)67-61(81)58(57(42-11-12-42)43-13-14-43)69-60(80)52-22-26-66-74(52)5)51(72-70-40)37-84-31-7-6-28-76-35-46(71-73-76)36-85-39-55(78)75-29-23-47(24-30-75)86-32-27-64-53(77)38-87-48-9-8-10-49(33-48)88-54-20-17-44(34-65-54)59(79)68-50(62(82)83)21-25-63(2,3)4/h8-10,15-20,22,26,33-35,42-43,47,50,57-58H,6-7,11-14,21,23-25,27-32,36-39H2,1-5H3,(H,64,77)(H,67,81)(H,68,79)(H,69,80)(H,70,72)(H,82,83)/t50?,58-/m0/s1. The molecule has 0 radical (unpaired) electrons. The number of pyridine rings is 1. The molecule has 2 atom stereocenters. The summed E-state index contributed by atoms with van der Waals surface area (Å²) < 4.78 is 32.6. The maximum Gasteiger partial charge on any atom is 0.326 e. The fourth-order valence-corrected chi connectivity index (χ4v) is 10.7. The van der Waals surface area contributed by atoms with Crippen LogP contribution >= 0.6 is 0 Å². The first-order valence-electron chi connectivity index (χ1n) is 30.3. The molecule has 9 rings (SSSR count). The second-order valence-corrected chi connectivity index (χ2v) is 24.0. The lowest BCUT2D eigenvalue weighted by molar-refractivity contribution is -0.140. The highest BCUT2D eigenvalue weighted by Crippen LogP contribution is 2.51. The number of aliphatic carboxylic acids is 1. The molecule has 470 valence electrons. The zero-order valence-corrected chi connectivity index (χ0v) is 50.7. The number of nitrogens with zero attached hydrogens (tertiary/aromatic N) is 8. The number of aryl methyl sites for hydroxylation is 3. The van der Waals surface area contributed by atoms with Gasteiger partial charge in [0.2, 0.25) is 17.7 Å². The quantitative estimate of drug-likeness (QED) is 0.0231. The van der Waals surface area contributed by atoms with Crippen LogP contribution in [0.25, 0.3) is 11.1 Å². The van der Waals surface area contributed by atoms with Crippen molar-refractivity contribution in [3.8, 4) is 28.5 Å². The number of likely N-dealkylation sites (tertiary alicyclic amines) is 1. The van der Waals surface area contributed by atoms with Crippen molar-refractivity contribution in [1.82, 2.24) is 60.8 Å². The predicted octanol–water partition coefficient (Wildman–Crippen LogP) is 6.80. The molecule has 6 N–H and O–H groups in total. The predicted molar refractivity (Wildman–Crippen MR) is 322 cm³/mol. The molecule has 1 unspecified atom stereocenters. The lowest BCUT2D eigenvalue weighted by Crippen LogP contribution is -2.50. The van der Waals surface area contributed by atoms with E-state index in [-0.39, 0.29) is 78.9 Å². The summed E-state index contributed by atoms with van der Waals surface area (Å²) in [6.45, 7) is 10.9. The molecule has 88 heavy (non-hydrogen) atoms. The molecule has 5 amide bonds. The van der Waals surface area contributed by atoms with Gasteiger partial charge in [-0.2, -0.15) is 10.2 Å². The maximum absolute atomic E-state index is 13.9. The number of carbonyl (C=O) groups is 6. The van der Waals surface area contributed by atoms with Gasteiger partial charge in [-0.05, 0) is 136 Å². The summed E-state index contributed by atoms with van der Waals surface area (Å²) in [6.07, 6.45) is 12.8. The average molecular weight is 1210 g/mol. The molecule has 0 spiro atoms. The Balaban J connectivity index is 0.600. The number of rotatable bonds is 33. The van der Waals surface area contributed by atoms with Crippen LogP contribution in [0.5, 0.6) is 17.4 Å². The minimum atomic E-state index is -1.10. The summed E-state index contributed by atoms with van der Waals surface area (Å²) in [5, 5.41) is 41.3. The van der Waals surface area contributed by atoms with Crippen molar-refractivity contribution in [2.75, 3.05) is 51.4 Å². The number of nitrogens with one attached hydrogen (secondary N) is 5. The number of H-pyrrole nitrogens is 1. The van der Waals surface area contributed by atoms with Crippen molar-refractivity contribution in [1.29, 1.82) is 0 Å². The highest BCUT2D eigenvalue weighted by atomic mass is 16.5. The number of benzene rings is 2. The van der Waals surface area contributed by atoms with E-state index in [4.69, 9.17) is 23.7 Å². The van der Waals surface area contributed by atoms with Gasteiger partial charge in [-0.3, -0.25) is 38.4 Å². The van der Waals surface area contributed by atoms with Gasteiger partial charge >= 0.3 is 5.97 Å². The smallest absolute Gasteiger partial charge is 0.326 e. The average Bonchev–Trinajstić information content (AvgIpc) is 3.30. The highest BCUT2D eigenvalue weighted by molar-refractivity contribution is 6.01. The Morgan fingerprint density at radius 3 is 2.30 bits per heavy atom. The van der Waals surface area contributed by atoms with Gasteiger partial charge in [-0.1, -0.05) is 44.2 Å². The van der Waals surface area contributed by atoms with Crippen LogP contribution in [0.15, 0.2) is 85.3 Å². The fraction of sp³-hybridized carbons (Fsp3) is 0.508. The van der Waals surface area contributed by atoms with Crippen LogP contribution in [0.1, 0.15) is 123 Å². The van der Waals surface area contributed by atoms with Gasteiger partial charge in [0.15, 0.2) is 6.61 Å². The zero-order chi connectivity index (χ0) is 62.2. The molecular weight excluding hydrogens is 1130 g/mol. The number of anilines is 1. The molecule has 25 heteroatoms. The Labute approximate surface area is 511 Å². The van der Waals surface area contributed by atoms with Gasteiger partial charge in [-0.15, -0.1) is 5.10 Å². The van der Waals surface area contributed by atoms with Gasteiger partial charge < -0.3 is 55.0 Å². The third-order valence-corrected chi connectivity index (χ3v) is 15.8. The van der Waals surface area contributed by atoms with Crippen molar-refractivity contribution in [3.05, 3.63) is 114 Å². The second kappa shape index (κ2) is 30.4. The molecule has 0 bridgehead atoms. The topological polar surface area (TPSA) is 310 Å². The molecule has 3 aliphatic rings. The number of piperidine rings is 1. The first kappa shape index (κ1) is 63.9. The lowest BCUT2D eigenvalue weighted by atomic mass is 9.88. The summed E-state index contributed by atoms with van der Waals surface area (Å²) in [5.41, 5.74) is 5.36. The third-order valence-electron chi connectivity index (χ3n) is 15.8. The van der Waals surface area contributed by atoms with Crippen LogP contribution < -0.4 is 30.7 Å². The van der Waals surface area contributed by atoms with Gasteiger partial charge in [0, 0.05) is 75.6 Å². The fourth-order valence-electron chi connectivity index (χ4n) is 10.7. The van der Waals surface area contributed by atoms with E-state index in [0.29, 0.717) is 106 Å². The van der Waals surface area contributed by atoms with E-state index in [0.717, 1.165) is 61.0 Å². The highest BCUT2D eigenvalue weighted by Gasteiger charge is 2.48. The number of hydrogen-bond donors (Lipinski definition) is 6. The molecule has 2 aromatic carbocycles. The van der Waals surface area contributed by atoms with Crippen LogP contribution in [-0.4, -0.2) is 150 Å². The van der Waals surface area contributed by atoms with E-state index in [9.17, 15) is 33.9 Å². The van der Waals surface area contributed by atoms with Crippen molar-refractivity contribution >= 4 is 41.2 Å². The Bertz CT molecular complexity index is 3290. The zero-order valence-electron chi connectivity index (χ0n) is 50.7. The molecule has 2 aliphatic carbocycles. The van der Waals surface area contributed by atoms with Crippen LogP contribution in [0.2, 0.25) is 0 Å². The lowest BCUT2D eigenvalue weighted by Gasteiger charge is -2.32. The number of ether oxygens (including phenoxy) is 5. The van der Waals surface area contributed by atoms with Gasteiger partial charge in [0.25, 0.3) is 17.7 Å². The van der Waals surface area contributed by atoms with Gasteiger partial charge in [-0.25, -0.2) is 9.78 Å². The molecule has 3 fully saturated rings. The minimum absolute atomic E-state index is 0.0517. The molecule has 5 heterocycles. The van der Waals surface area contributed by atoms with Crippen LogP contribution in [0, 0.1) is 30.1 Å². The van der Waals surface area contributed by atoms with Crippen molar-refractivity contribution in [2.45, 2.75) is 130 Å². The van der Waals surface area contributed by atoms with E-state index in [2.05, 4.69) is 51.9 Å². The van der Waals surface area contributed by atoms with E-state index in [1.807, 2.05) is 58.2 Å². The summed E-state index contributed by atoms with van der Waals surface area (Å²) in [4.78, 5) is 83.2. The second-order valence-electron chi connectivity index (χ2n) is 24.0. The summed E-state index contributed by atoms with van der Waals surface area (Å²) >= 11 is 0. The number of hydrogen-bond acceptors (Lipinski definition) is 16. The minimum Gasteiger partial charge on any atom is -0.484 e. The summed E-state index contributed by atoms with van der Waals surface area (Å²) in [6, 6.07) is 17.3. The molecule has 4 aromatic heterocycles. The van der Waals surface area contributed by atoms with Crippen molar-refractivity contribution < 1.29 is 57.6 Å². The van der Waals surface area contributed by atoms with Crippen LogP contribution in [0.3, 0.4) is 0 Å². The molecule has 1 saturated heterocycles. The Kier molecular flexibility index (Phi) is 22.1. The first-order chi connectivity index (χ1) is 42.4. The van der Waals surface area contributed by atoms with Crippen LogP contribution in [0.4, 0.5) is 5.69 Å². The molecule has 6 aromatic rings. The van der Waals surface area contributed by atoms with Crippen molar-refractivity contribution in [3.63, 3.8) is 0 Å². The van der Waals surface area contributed by atoms with E-state index in [1.165, 1.54) is 23.0 Å². The van der Waals surface area contributed by atoms with Crippen molar-refractivity contribution in [2.24, 2.45) is 30.2 Å². The molecule has 1 aliphatic heterocycles. The number of aromatic amines is 1. The maximum atomic E-state index is 13.9. The van der Waals surface area contributed by atoms with Crippen LogP contribution in [-0.2, 0) is 60.2 Å². The monoisotopic (exact) mass is 1210 g/mol. The van der Waals surface area contributed by atoms with Gasteiger partial charge in [0.1, 0.15) is 41.6 Å². The normalized spacial score (nSPS) is 15.1. The third kappa shape index (κ3) is 19.0.